The number of anilines is 2. The van der Waals surface area contributed by atoms with Gasteiger partial charge in [-0.1, -0.05) is 31.0 Å². The maximum atomic E-state index is 12.1. The molecular weight excluding hydrogens is 410 g/mol. The van der Waals surface area contributed by atoms with E-state index in [1.54, 1.807) is 42.5 Å². The van der Waals surface area contributed by atoms with Crippen LogP contribution in [-0.2, 0) is 9.59 Å². The van der Waals surface area contributed by atoms with Crippen LogP contribution < -0.4 is 20.7 Å². The lowest BCUT2D eigenvalue weighted by Crippen LogP contribution is -2.37. The Morgan fingerprint density at radius 1 is 1.07 bits per heavy atom. The summed E-state index contributed by atoms with van der Waals surface area (Å²) in [6.45, 7) is 3.70. The molecule has 0 saturated heterocycles. The number of nitrogens with one attached hydrogen (secondary N) is 3. The minimum Gasteiger partial charge on any atom is -0.483 e. The minimum absolute atomic E-state index is 0.0329. The Hall–Kier alpha value is -2.64. The summed E-state index contributed by atoms with van der Waals surface area (Å²) in [6, 6.07) is 12.3. The van der Waals surface area contributed by atoms with E-state index in [2.05, 4.69) is 16.0 Å². The van der Waals surface area contributed by atoms with Gasteiger partial charge in [-0.2, -0.15) is 0 Å². The molecule has 154 valence electrons. The molecule has 2 aromatic carbocycles. The summed E-state index contributed by atoms with van der Waals surface area (Å²) in [5.41, 5.74) is 2.15. The topological polar surface area (TPSA) is 79.5 Å². The fraction of sp³-hybridized carbons (Fsp3) is 0.286. The summed E-state index contributed by atoms with van der Waals surface area (Å²) in [5, 5.41) is 9.07. The van der Waals surface area contributed by atoms with Crippen LogP contribution in [0.1, 0.15) is 31.7 Å². The van der Waals surface area contributed by atoms with Crippen LogP contribution in [0.3, 0.4) is 0 Å². The van der Waals surface area contributed by atoms with Crippen molar-refractivity contribution in [1.82, 2.24) is 5.32 Å². The van der Waals surface area contributed by atoms with Crippen molar-refractivity contribution in [1.29, 1.82) is 0 Å². The van der Waals surface area contributed by atoms with Gasteiger partial charge in [-0.25, -0.2) is 0 Å². The molecule has 8 heteroatoms. The molecule has 0 aliphatic rings. The van der Waals surface area contributed by atoms with Gasteiger partial charge >= 0.3 is 0 Å². The van der Waals surface area contributed by atoms with Gasteiger partial charge in [0.05, 0.1) is 0 Å². The quantitative estimate of drug-likeness (QED) is 0.527. The predicted octanol–water partition coefficient (Wildman–Crippen LogP) is 4.67. The number of aryl methyl sites for hydroxylation is 1. The lowest BCUT2D eigenvalue weighted by Gasteiger charge is -2.12. The Bertz CT molecular complexity index is 889. The Labute approximate surface area is 181 Å². The Kier molecular flexibility index (Phi) is 8.89. The number of thiocarbonyl (C=S) groups is 1. The molecule has 2 amide bonds. The molecule has 0 saturated carbocycles. The largest absolute Gasteiger partial charge is 0.483 e. The first-order valence-electron chi connectivity index (χ1n) is 9.27. The van der Waals surface area contributed by atoms with Crippen molar-refractivity contribution in [2.24, 2.45) is 0 Å². The highest BCUT2D eigenvalue weighted by Crippen LogP contribution is 2.21. The van der Waals surface area contributed by atoms with Gasteiger partial charge in [-0.15, -0.1) is 0 Å². The van der Waals surface area contributed by atoms with Gasteiger partial charge < -0.3 is 15.4 Å². The van der Waals surface area contributed by atoms with Crippen LogP contribution in [0.2, 0.25) is 5.02 Å². The van der Waals surface area contributed by atoms with E-state index < -0.39 is 0 Å². The molecule has 2 rings (SSSR count). The predicted molar refractivity (Wildman–Crippen MR) is 121 cm³/mol. The van der Waals surface area contributed by atoms with Crippen LogP contribution in [0.25, 0.3) is 0 Å². The molecule has 6 nitrogen and oxygen atoms in total. The molecule has 0 aromatic heterocycles. The van der Waals surface area contributed by atoms with E-state index in [1.807, 2.05) is 13.8 Å². The number of rotatable bonds is 8. The van der Waals surface area contributed by atoms with Gasteiger partial charge in [0.25, 0.3) is 5.91 Å². The zero-order valence-corrected chi connectivity index (χ0v) is 18.0. The monoisotopic (exact) mass is 433 g/mol. The zero-order valence-electron chi connectivity index (χ0n) is 16.4. The first-order valence-corrected chi connectivity index (χ1v) is 10.1. The van der Waals surface area contributed by atoms with Crippen molar-refractivity contribution >= 4 is 52.1 Å². The molecular formula is C21H24ClN3O3S. The number of ether oxygens (including phenoxy) is 1. The maximum absolute atomic E-state index is 12.1. The van der Waals surface area contributed by atoms with Crippen LogP contribution in [0, 0.1) is 6.92 Å². The van der Waals surface area contributed by atoms with Gasteiger partial charge in [-0.3, -0.25) is 14.9 Å². The van der Waals surface area contributed by atoms with E-state index in [0.717, 1.165) is 18.4 Å². The smallest absolute Gasteiger partial charge is 0.264 e. The molecule has 0 unspecified atom stereocenters. The van der Waals surface area contributed by atoms with Gasteiger partial charge in [-0.05, 0) is 67.5 Å². The highest BCUT2D eigenvalue weighted by Gasteiger charge is 2.08. The number of hydrogen-bond donors (Lipinski definition) is 3. The van der Waals surface area contributed by atoms with Gasteiger partial charge in [0.1, 0.15) is 5.75 Å². The summed E-state index contributed by atoms with van der Waals surface area (Å²) >= 11 is 11.1. The molecule has 0 bridgehead atoms. The molecule has 0 heterocycles. The first-order chi connectivity index (χ1) is 13.9. The molecule has 0 atom stereocenters. The third-order valence-electron chi connectivity index (χ3n) is 3.91. The van der Waals surface area contributed by atoms with Crippen LogP contribution in [0.15, 0.2) is 42.5 Å². The van der Waals surface area contributed by atoms with E-state index in [-0.39, 0.29) is 23.5 Å². The third-order valence-corrected chi connectivity index (χ3v) is 4.35. The fourth-order valence-corrected chi connectivity index (χ4v) is 2.94. The Balaban J connectivity index is 1.82. The van der Waals surface area contributed by atoms with Gasteiger partial charge in [0.2, 0.25) is 5.91 Å². The Morgan fingerprint density at radius 3 is 2.48 bits per heavy atom. The van der Waals surface area contributed by atoms with E-state index in [9.17, 15) is 9.59 Å². The molecule has 0 aliphatic heterocycles. The van der Waals surface area contributed by atoms with Crippen molar-refractivity contribution < 1.29 is 14.3 Å². The number of amides is 2. The van der Waals surface area contributed by atoms with Crippen molar-refractivity contribution in [3.8, 4) is 5.75 Å². The van der Waals surface area contributed by atoms with Crippen LogP contribution in [0.4, 0.5) is 11.4 Å². The highest BCUT2D eigenvalue weighted by atomic mass is 35.5. The van der Waals surface area contributed by atoms with Crippen LogP contribution >= 0.6 is 23.8 Å². The second-order valence-corrected chi connectivity index (χ2v) is 7.28. The summed E-state index contributed by atoms with van der Waals surface area (Å²) in [5.74, 6) is 0.158. The lowest BCUT2D eigenvalue weighted by molar-refractivity contribution is -0.121. The average Bonchev–Trinajstić information content (AvgIpc) is 2.65. The fourth-order valence-electron chi connectivity index (χ4n) is 2.48. The second-order valence-electron chi connectivity index (χ2n) is 6.43. The average molecular weight is 434 g/mol. The number of carbonyl (C=O) groups is 2. The van der Waals surface area contributed by atoms with Gasteiger partial charge in [0.15, 0.2) is 11.7 Å². The van der Waals surface area contributed by atoms with E-state index in [4.69, 9.17) is 28.6 Å². The molecule has 2 aromatic rings. The normalized spacial score (nSPS) is 10.2. The highest BCUT2D eigenvalue weighted by molar-refractivity contribution is 7.80. The molecule has 0 radical (unpaired) electrons. The summed E-state index contributed by atoms with van der Waals surface area (Å²) in [6.07, 6.45) is 2.29. The maximum Gasteiger partial charge on any atom is 0.264 e. The minimum atomic E-state index is -0.388. The molecule has 0 aliphatic carbocycles. The standard InChI is InChI=1S/C21H24ClN3O3S/c1-3-4-8-19(26)23-16-6-5-7-17(12-16)24-21(29)25-20(27)13-28-18-10-9-15(22)11-14(18)2/h5-7,9-12H,3-4,8,13H2,1-2H3,(H,23,26)(H2,24,25,27,29). The number of hydrogen-bond acceptors (Lipinski definition) is 4. The second kappa shape index (κ2) is 11.4. The molecule has 29 heavy (non-hydrogen) atoms. The summed E-state index contributed by atoms with van der Waals surface area (Å²) < 4.78 is 5.49. The lowest BCUT2D eigenvalue weighted by atomic mass is 10.2. The molecule has 0 spiro atoms. The first kappa shape index (κ1) is 22.6. The van der Waals surface area contributed by atoms with Crippen molar-refractivity contribution in [2.75, 3.05) is 17.2 Å². The molecule has 3 N–H and O–H groups in total. The number of carbonyl (C=O) groups excluding carboxylic acids is 2. The van der Waals surface area contributed by atoms with Crippen molar-refractivity contribution in [3.05, 3.63) is 53.1 Å². The zero-order chi connectivity index (χ0) is 21.2. The Morgan fingerprint density at radius 2 is 1.79 bits per heavy atom. The van der Waals surface area contributed by atoms with Crippen LogP contribution in [-0.4, -0.2) is 23.5 Å². The van der Waals surface area contributed by atoms with Gasteiger partial charge in [0, 0.05) is 22.8 Å². The van der Waals surface area contributed by atoms with Crippen LogP contribution in [0.5, 0.6) is 5.75 Å². The number of benzene rings is 2. The van der Waals surface area contributed by atoms with E-state index >= 15 is 0 Å². The SMILES string of the molecule is CCCCC(=O)Nc1cccc(NC(=S)NC(=O)COc2ccc(Cl)cc2C)c1. The third kappa shape index (κ3) is 8.09. The van der Waals surface area contributed by atoms with E-state index in [1.165, 1.54) is 0 Å². The number of unbranched alkanes of at least 4 members (excludes halogenated alkanes) is 1. The van der Waals surface area contributed by atoms with Crippen molar-refractivity contribution in [3.63, 3.8) is 0 Å². The summed E-state index contributed by atoms with van der Waals surface area (Å²) in [4.78, 5) is 23.9. The van der Waals surface area contributed by atoms with E-state index in [0.29, 0.717) is 28.6 Å². The van der Waals surface area contributed by atoms with Crippen molar-refractivity contribution in [2.45, 2.75) is 33.1 Å². The summed E-state index contributed by atoms with van der Waals surface area (Å²) in [7, 11) is 0. The molecule has 0 fully saturated rings. The number of halogens is 1.